The highest BCUT2D eigenvalue weighted by atomic mass is 19.1. The molecule has 4 nitrogen and oxygen atoms in total. The van der Waals surface area contributed by atoms with Crippen LogP contribution in [0.2, 0.25) is 0 Å². The third kappa shape index (κ3) is 5.24. The molecular weight excluding hydrogens is 247 g/mol. The van der Waals surface area contributed by atoms with Crippen LogP contribution in [0.25, 0.3) is 0 Å². The van der Waals surface area contributed by atoms with Crippen molar-refractivity contribution in [3.63, 3.8) is 0 Å². The van der Waals surface area contributed by atoms with Gasteiger partial charge in [0, 0.05) is 6.04 Å². The minimum atomic E-state index is -1.18. The summed E-state index contributed by atoms with van der Waals surface area (Å²) < 4.78 is 13.0. The highest BCUT2D eigenvalue weighted by molar-refractivity contribution is 5.93. The Morgan fingerprint density at radius 1 is 1.42 bits per heavy atom. The fourth-order valence-electron chi connectivity index (χ4n) is 1.86. The van der Waals surface area contributed by atoms with Gasteiger partial charge in [0.1, 0.15) is 17.2 Å². The van der Waals surface area contributed by atoms with Gasteiger partial charge in [0.05, 0.1) is 6.20 Å². The Bertz CT molecular complexity index is 435. The molecule has 1 rings (SSSR count). The van der Waals surface area contributed by atoms with Gasteiger partial charge in [-0.15, -0.1) is 0 Å². The maximum absolute atomic E-state index is 13.0. The van der Waals surface area contributed by atoms with Crippen LogP contribution in [-0.2, 0) is 0 Å². The number of aromatic nitrogens is 1. The second kappa shape index (κ2) is 7.07. The van der Waals surface area contributed by atoms with E-state index >= 15 is 0 Å². The van der Waals surface area contributed by atoms with E-state index in [9.17, 15) is 9.18 Å². The van der Waals surface area contributed by atoms with Crippen LogP contribution >= 0.6 is 0 Å². The minimum Gasteiger partial charge on any atom is -0.478 e. The Labute approximate surface area is 113 Å². The molecule has 106 valence electrons. The molecule has 0 fully saturated rings. The zero-order valence-corrected chi connectivity index (χ0v) is 11.6. The number of pyridine rings is 1. The minimum absolute atomic E-state index is 0.106. The van der Waals surface area contributed by atoms with E-state index in [2.05, 4.69) is 24.1 Å². The normalized spacial score (nSPS) is 12.5. The molecule has 1 aromatic heterocycles. The lowest BCUT2D eigenvalue weighted by Gasteiger charge is -2.16. The second-order valence-corrected chi connectivity index (χ2v) is 5.22. The molecular formula is C14H21FN2O2. The molecule has 0 amide bonds. The molecule has 1 atom stereocenters. The average Bonchev–Trinajstić information content (AvgIpc) is 2.30. The number of nitrogens with zero attached hydrogens (tertiary/aromatic N) is 1. The van der Waals surface area contributed by atoms with Crippen LogP contribution in [0.3, 0.4) is 0 Å². The Hall–Kier alpha value is -1.65. The summed E-state index contributed by atoms with van der Waals surface area (Å²) in [5, 5.41) is 12.0. The smallest absolute Gasteiger partial charge is 0.339 e. The molecule has 2 N–H and O–H groups in total. The number of carbonyl (C=O) groups is 1. The van der Waals surface area contributed by atoms with E-state index in [-0.39, 0.29) is 17.4 Å². The van der Waals surface area contributed by atoms with E-state index in [4.69, 9.17) is 5.11 Å². The quantitative estimate of drug-likeness (QED) is 0.794. The number of halogens is 1. The highest BCUT2D eigenvalue weighted by Crippen LogP contribution is 2.17. The Morgan fingerprint density at radius 3 is 2.68 bits per heavy atom. The molecule has 1 aromatic rings. The first-order chi connectivity index (χ1) is 8.90. The van der Waals surface area contributed by atoms with Gasteiger partial charge < -0.3 is 10.4 Å². The Morgan fingerprint density at radius 2 is 2.11 bits per heavy atom. The zero-order valence-electron chi connectivity index (χ0n) is 11.6. The van der Waals surface area contributed by atoms with Crippen LogP contribution in [0.15, 0.2) is 12.3 Å². The van der Waals surface area contributed by atoms with Crippen molar-refractivity contribution < 1.29 is 14.3 Å². The molecule has 0 aliphatic rings. The topological polar surface area (TPSA) is 62.2 Å². The zero-order chi connectivity index (χ0) is 14.4. The molecule has 0 aliphatic carbocycles. The molecule has 0 saturated carbocycles. The van der Waals surface area contributed by atoms with Crippen LogP contribution in [0.1, 0.15) is 50.4 Å². The van der Waals surface area contributed by atoms with Gasteiger partial charge in [-0.25, -0.2) is 14.2 Å². The van der Waals surface area contributed by atoms with Crippen molar-refractivity contribution >= 4 is 11.8 Å². The molecule has 0 aliphatic heterocycles. The molecule has 0 spiro atoms. The SMILES string of the molecule is CC(C)CCCC(C)Nc1ncc(F)cc1C(=O)O. The number of rotatable bonds is 7. The van der Waals surface area contributed by atoms with Gasteiger partial charge in [-0.1, -0.05) is 26.7 Å². The third-order valence-electron chi connectivity index (χ3n) is 2.89. The first-order valence-electron chi connectivity index (χ1n) is 6.55. The number of hydrogen-bond acceptors (Lipinski definition) is 3. The number of carboxylic acid groups (broad SMARTS) is 1. The summed E-state index contributed by atoms with van der Waals surface area (Å²) in [6.45, 7) is 6.31. The number of carboxylic acids is 1. The van der Waals surface area contributed by atoms with Crippen LogP contribution in [0.5, 0.6) is 0 Å². The fourth-order valence-corrected chi connectivity index (χ4v) is 1.86. The van der Waals surface area contributed by atoms with Crippen molar-refractivity contribution in [1.29, 1.82) is 0 Å². The molecule has 5 heteroatoms. The number of nitrogens with one attached hydrogen (secondary N) is 1. The van der Waals surface area contributed by atoms with Crippen molar-refractivity contribution in [2.24, 2.45) is 5.92 Å². The van der Waals surface area contributed by atoms with E-state index < -0.39 is 11.8 Å². The number of aromatic carboxylic acids is 1. The first kappa shape index (κ1) is 15.4. The lowest BCUT2D eigenvalue weighted by molar-refractivity contribution is 0.0697. The van der Waals surface area contributed by atoms with Crippen molar-refractivity contribution in [2.75, 3.05) is 5.32 Å². The van der Waals surface area contributed by atoms with Crippen LogP contribution in [0.4, 0.5) is 10.2 Å². The van der Waals surface area contributed by atoms with Crippen molar-refractivity contribution in [3.05, 3.63) is 23.6 Å². The molecule has 19 heavy (non-hydrogen) atoms. The lowest BCUT2D eigenvalue weighted by atomic mass is 10.0. The van der Waals surface area contributed by atoms with Crippen LogP contribution in [0, 0.1) is 11.7 Å². The molecule has 0 saturated heterocycles. The highest BCUT2D eigenvalue weighted by Gasteiger charge is 2.14. The summed E-state index contributed by atoms with van der Waals surface area (Å²) in [7, 11) is 0. The number of anilines is 1. The lowest BCUT2D eigenvalue weighted by Crippen LogP contribution is -2.18. The summed E-state index contributed by atoms with van der Waals surface area (Å²) >= 11 is 0. The largest absolute Gasteiger partial charge is 0.478 e. The summed E-state index contributed by atoms with van der Waals surface area (Å²) in [6.07, 6.45) is 4.15. The summed E-state index contributed by atoms with van der Waals surface area (Å²) in [5.41, 5.74) is -0.129. The van der Waals surface area contributed by atoms with Gasteiger partial charge >= 0.3 is 5.97 Å². The van der Waals surface area contributed by atoms with Crippen LogP contribution in [-0.4, -0.2) is 22.1 Å². The average molecular weight is 268 g/mol. The summed E-state index contributed by atoms with van der Waals surface area (Å²) in [6, 6.07) is 1.09. The predicted molar refractivity (Wildman–Crippen MR) is 72.9 cm³/mol. The van der Waals surface area contributed by atoms with E-state index in [1.165, 1.54) is 0 Å². The molecule has 1 unspecified atom stereocenters. The van der Waals surface area contributed by atoms with E-state index in [0.717, 1.165) is 31.5 Å². The maximum Gasteiger partial charge on any atom is 0.339 e. The van der Waals surface area contributed by atoms with E-state index in [0.29, 0.717) is 5.92 Å². The third-order valence-corrected chi connectivity index (χ3v) is 2.89. The molecule has 0 bridgehead atoms. The van der Waals surface area contributed by atoms with Gasteiger partial charge in [0.2, 0.25) is 0 Å². The number of hydrogen-bond donors (Lipinski definition) is 2. The monoisotopic (exact) mass is 268 g/mol. The maximum atomic E-state index is 13.0. The van der Waals surface area contributed by atoms with E-state index in [1.54, 1.807) is 0 Å². The molecule has 1 heterocycles. The van der Waals surface area contributed by atoms with Crippen molar-refractivity contribution in [1.82, 2.24) is 4.98 Å². The van der Waals surface area contributed by atoms with Crippen molar-refractivity contribution in [2.45, 2.75) is 46.1 Å². The van der Waals surface area contributed by atoms with Gasteiger partial charge in [0.15, 0.2) is 0 Å². The fraction of sp³-hybridized carbons (Fsp3) is 0.571. The summed E-state index contributed by atoms with van der Waals surface area (Å²) in [5.74, 6) is -0.934. The Kier molecular flexibility index (Phi) is 5.73. The van der Waals surface area contributed by atoms with Crippen molar-refractivity contribution in [3.8, 4) is 0 Å². The summed E-state index contributed by atoms with van der Waals surface area (Å²) in [4.78, 5) is 14.8. The van der Waals surface area contributed by atoms with Gasteiger partial charge in [0.25, 0.3) is 0 Å². The van der Waals surface area contributed by atoms with Gasteiger partial charge in [-0.2, -0.15) is 0 Å². The van der Waals surface area contributed by atoms with Gasteiger partial charge in [-0.3, -0.25) is 0 Å². The molecule has 0 aromatic carbocycles. The second-order valence-electron chi connectivity index (χ2n) is 5.22. The van der Waals surface area contributed by atoms with E-state index in [1.807, 2.05) is 6.92 Å². The van der Waals surface area contributed by atoms with Crippen LogP contribution < -0.4 is 5.32 Å². The predicted octanol–water partition coefficient (Wildman–Crippen LogP) is 3.55. The Balaban J connectivity index is 2.63. The standard InChI is InChI=1S/C14H21FN2O2/c1-9(2)5-4-6-10(3)17-13-12(14(18)19)7-11(15)8-16-13/h7-10H,4-6H2,1-3H3,(H,16,17)(H,18,19). The first-order valence-corrected chi connectivity index (χ1v) is 6.55. The molecule has 0 radical (unpaired) electrons. The van der Waals surface area contributed by atoms with Gasteiger partial charge in [-0.05, 0) is 25.3 Å².